The number of carbonyl (C=O) groups is 1. The van der Waals surface area contributed by atoms with E-state index < -0.39 is 17.3 Å². The Morgan fingerprint density at radius 2 is 1.97 bits per heavy atom. The minimum Gasteiger partial charge on any atom is -0.385 e. The van der Waals surface area contributed by atoms with Crippen molar-refractivity contribution in [1.82, 2.24) is 10.2 Å². The maximum absolute atomic E-state index is 14.9. The number of rotatable bonds is 13. The van der Waals surface area contributed by atoms with Crippen LogP contribution in [-0.2, 0) is 15.1 Å². The molecule has 0 spiro atoms. The van der Waals surface area contributed by atoms with Crippen molar-refractivity contribution in [2.45, 2.75) is 82.2 Å². The Kier molecular flexibility index (Phi) is 11.3. The number of amides is 1. The summed E-state index contributed by atoms with van der Waals surface area (Å²) in [6, 6.07) is 6.40. The van der Waals surface area contributed by atoms with Crippen LogP contribution in [0.15, 0.2) is 24.3 Å². The standard InChI is InChI=1S/C29H45F3N2O3/c1-33-20-23(18-22-11-14-28(31,32)15-12-22)19-27(35)34-16-7-8-24(21-34)29(36,13-5-6-17-37-2)25-9-3-4-10-26(25)30/h3-4,9-10,22-24,33,36H,5-8,11-21H2,1-2H3/t23-,24-,29+/m1/s1. The van der Waals surface area contributed by atoms with E-state index in [4.69, 9.17) is 4.74 Å². The van der Waals surface area contributed by atoms with Crippen LogP contribution in [0.1, 0.15) is 76.2 Å². The largest absolute Gasteiger partial charge is 0.385 e. The molecule has 1 aliphatic carbocycles. The summed E-state index contributed by atoms with van der Waals surface area (Å²) in [6.07, 6.45) is 5.32. The molecule has 210 valence electrons. The van der Waals surface area contributed by atoms with Crippen molar-refractivity contribution >= 4 is 5.91 Å². The quantitative estimate of drug-likeness (QED) is 0.333. The van der Waals surface area contributed by atoms with E-state index in [0.717, 1.165) is 25.7 Å². The van der Waals surface area contributed by atoms with Crippen molar-refractivity contribution in [1.29, 1.82) is 0 Å². The number of likely N-dealkylation sites (tertiary alicyclic amines) is 1. The summed E-state index contributed by atoms with van der Waals surface area (Å²) in [7, 11) is 3.49. The number of ether oxygens (including phenoxy) is 1. The zero-order valence-electron chi connectivity index (χ0n) is 22.5. The summed E-state index contributed by atoms with van der Waals surface area (Å²) in [4.78, 5) is 15.2. The van der Waals surface area contributed by atoms with Gasteiger partial charge < -0.3 is 20.1 Å². The van der Waals surface area contributed by atoms with Gasteiger partial charge in [-0.1, -0.05) is 18.2 Å². The first-order valence-electron chi connectivity index (χ1n) is 13.9. The third kappa shape index (κ3) is 8.42. The number of nitrogens with zero attached hydrogens (tertiary/aromatic N) is 1. The van der Waals surface area contributed by atoms with E-state index >= 15 is 0 Å². The summed E-state index contributed by atoms with van der Waals surface area (Å²) < 4.78 is 47.2. The Balaban J connectivity index is 1.67. The first kappa shape index (κ1) is 29.9. The summed E-state index contributed by atoms with van der Waals surface area (Å²) >= 11 is 0. The molecule has 0 unspecified atom stereocenters. The number of hydrogen-bond acceptors (Lipinski definition) is 4. The summed E-state index contributed by atoms with van der Waals surface area (Å²) in [5, 5.41) is 15.1. The minimum absolute atomic E-state index is 0.0290. The SMILES string of the molecule is CNC[C@@H](CC(=O)N1CCC[C@@H]([C@@](O)(CCCCOC)c2ccccc2F)C1)CC1CCC(F)(F)CC1. The Morgan fingerprint density at radius 1 is 1.24 bits per heavy atom. The average Bonchev–Trinajstić information content (AvgIpc) is 2.88. The molecule has 1 saturated carbocycles. The zero-order chi connectivity index (χ0) is 26.9. The first-order valence-corrected chi connectivity index (χ1v) is 13.9. The van der Waals surface area contributed by atoms with Gasteiger partial charge in [0.25, 0.3) is 0 Å². The minimum atomic E-state index is -2.55. The second-order valence-corrected chi connectivity index (χ2v) is 11.2. The topological polar surface area (TPSA) is 61.8 Å². The molecule has 1 heterocycles. The highest BCUT2D eigenvalue weighted by atomic mass is 19.3. The molecule has 0 bridgehead atoms. The lowest BCUT2D eigenvalue weighted by atomic mass is 9.73. The highest BCUT2D eigenvalue weighted by Crippen LogP contribution is 2.42. The predicted octanol–water partition coefficient (Wildman–Crippen LogP) is 5.51. The highest BCUT2D eigenvalue weighted by Gasteiger charge is 2.43. The van der Waals surface area contributed by atoms with Gasteiger partial charge in [0.2, 0.25) is 11.8 Å². The molecule has 1 aromatic rings. The second-order valence-electron chi connectivity index (χ2n) is 11.2. The molecular formula is C29H45F3N2O3. The summed E-state index contributed by atoms with van der Waals surface area (Å²) in [5.41, 5.74) is -1.07. The fourth-order valence-corrected chi connectivity index (χ4v) is 6.32. The van der Waals surface area contributed by atoms with Gasteiger partial charge in [0.15, 0.2) is 0 Å². The van der Waals surface area contributed by atoms with E-state index in [0.29, 0.717) is 63.9 Å². The van der Waals surface area contributed by atoms with Gasteiger partial charge in [-0.3, -0.25) is 4.79 Å². The van der Waals surface area contributed by atoms with E-state index in [2.05, 4.69) is 5.32 Å². The van der Waals surface area contributed by atoms with Crippen molar-refractivity contribution in [2.75, 3.05) is 40.4 Å². The monoisotopic (exact) mass is 526 g/mol. The molecule has 1 amide bonds. The fraction of sp³-hybridized carbons (Fsp3) is 0.759. The first-order chi connectivity index (χ1) is 17.7. The zero-order valence-corrected chi connectivity index (χ0v) is 22.5. The Labute approximate surface area is 220 Å². The number of hydrogen-bond donors (Lipinski definition) is 2. The van der Waals surface area contributed by atoms with Crippen LogP contribution in [0.5, 0.6) is 0 Å². The van der Waals surface area contributed by atoms with Gasteiger partial charge >= 0.3 is 0 Å². The Morgan fingerprint density at radius 3 is 2.65 bits per heavy atom. The van der Waals surface area contributed by atoms with Crippen LogP contribution in [0, 0.1) is 23.6 Å². The van der Waals surface area contributed by atoms with Crippen molar-refractivity contribution in [3.05, 3.63) is 35.6 Å². The Bertz CT molecular complexity index is 845. The number of carbonyl (C=O) groups excluding carboxylic acids is 1. The molecule has 0 aromatic heterocycles. The van der Waals surface area contributed by atoms with Crippen LogP contribution < -0.4 is 5.32 Å². The number of methoxy groups -OCH3 is 1. The highest BCUT2D eigenvalue weighted by molar-refractivity contribution is 5.76. The molecule has 1 saturated heterocycles. The number of unbranched alkanes of at least 4 members (excludes halogenated alkanes) is 1. The number of aliphatic hydroxyl groups is 1. The summed E-state index contributed by atoms with van der Waals surface area (Å²) in [5.74, 6) is -2.92. The molecule has 3 atom stereocenters. The average molecular weight is 527 g/mol. The number of halogens is 3. The number of benzene rings is 1. The van der Waals surface area contributed by atoms with Gasteiger partial charge in [-0.2, -0.15) is 0 Å². The van der Waals surface area contributed by atoms with E-state index in [1.54, 1.807) is 25.3 Å². The molecule has 2 fully saturated rings. The van der Waals surface area contributed by atoms with E-state index in [1.165, 1.54) is 6.07 Å². The second kappa shape index (κ2) is 13.9. The van der Waals surface area contributed by atoms with Gasteiger partial charge in [-0.05, 0) is 82.9 Å². The third-order valence-corrected chi connectivity index (χ3v) is 8.41. The molecule has 2 N–H and O–H groups in total. The van der Waals surface area contributed by atoms with E-state index in [1.807, 2.05) is 11.9 Å². The molecule has 1 aromatic carbocycles. The molecule has 1 aliphatic heterocycles. The van der Waals surface area contributed by atoms with E-state index in [9.17, 15) is 23.1 Å². The molecular weight excluding hydrogens is 481 g/mol. The smallest absolute Gasteiger partial charge is 0.248 e. The van der Waals surface area contributed by atoms with Gasteiger partial charge in [-0.25, -0.2) is 13.2 Å². The molecule has 0 radical (unpaired) electrons. The maximum Gasteiger partial charge on any atom is 0.248 e. The predicted molar refractivity (Wildman–Crippen MR) is 139 cm³/mol. The fourth-order valence-electron chi connectivity index (χ4n) is 6.32. The van der Waals surface area contributed by atoms with Gasteiger partial charge in [0.1, 0.15) is 5.82 Å². The van der Waals surface area contributed by atoms with Crippen LogP contribution in [0.3, 0.4) is 0 Å². The maximum atomic E-state index is 14.9. The lowest BCUT2D eigenvalue weighted by Gasteiger charge is -2.43. The molecule has 3 rings (SSSR count). The normalized spacial score (nSPS) is 23.0. The van der Waals surface area contributed by atoms with Gasteiger partial charge in [-0.15, -0.1) is 0 Å². The molecule has 37 heavy (non-hydrogen) atoms. The summed E-state index contributed by atoms with van der Waals surface area (Å²) in [6.45, 7) is 2.24. The van der Waals surface area contributed by atoms with Crippen LogP contribution in [-0.4, -0.2) is 62.2 Å². The van der Waals surface area contributed by atoms with Crippen molar-refractivity contribution < 1.29 is 27.8 Å². The molecule has 8 heteroatoms. The van der Waals surface area contributed by atoms with Crippen LogP contribution in [0.4, 0.5) is 13.2 Å². The lowest BCUT2D eigenvalue weighted by Crippen LogP contribution is -2.49. The van der Waals surface area contributed by atoms with E-state index in [-0.39, 0.29) is 36.5 Å². The molecule has 2 aliphatic rings. The number of alkyl halides is 2. The van der Waals surface area contributed by atoms with Gasteiger partial charge in [0.05, 0.1) is 5.60 Å². The Hall–Kier alpha value is -1.64. The molecule has 5 nitrogen and oxygen atoms in total. The number of nitrogens with one attached hydrogen (secondary N) is 1. The van der Waals surface area contributed by atoms with Crippen molar-refractivity contribution in [3.8, 4) is 0 Å². The lowest BCUT2D eigenvalue weighted by molar-refractivity contribution is -0.138. The third-order valence-electron chi connectivity index (χ3n) is 8.41. The van der Waals surface area contributed by atoms with Crippen molar-refractivity contribution in [2.24, 2.45) is 17.8 Å². The van der Waals surface area contributed by atoms with Gasteiger partial charge in [0, 0.05) is 57.6 Å². The van der Waals surface area contributed by atoms with Crippen LogP contribution in [0.25, 0.3) is 0 Å². The van der Waals surface area contributed by atoms with Crippen LogP contribution >= 0.6 is 0 Å². The van der Waals surface area contributed by atoms with Crippen molar-refractivity contribution in [3.63, 3.8) is 0 Å². The number of piperidine rings is 1. The van der Waals surface area contributed by atoms with Crippen LogP contribution in [0.2, 0.25) is 0 Å².